The molecular formula is C21H18N4O4S. The highest BCUT2D eigenvalue weighted by Crippen LogP contribution is 2.19. The Balaban J connectivity index is 1.36. The topological polar surface area (TPSA) is 94.8 Å². The minimum Gasteiger partial charge on any atom is -0.487 e. The average molecular weight is 422 g/mol. The van der Waals surface area contributed by atoms with Gasteiger partial charge in [0.1, 0.15) is 23.1 Å². The molecule has 0 saturated heterocycles. The fourth-order valence-electron chi connectivity index (χ4n) is 2.71. The zero-order valence-electron chi connectivity index (χ0n) is 16.1. The number of nitrogens with zero attached hydrogens (tertiary/aromatic N) is 3. The smallest absolute Gasteiger partial charge is 0.275 e. The Hall–Kier alpha value is -3.72. The summed E-state index contributed by atoms with van der Waals surface area (Å²) in [6.45, 7) is 1.84. The molecular weight excluding hydrogens is 404 g/mol. The normalized spacial score (nSPS) is 10.7. The van der Waals surface area contributed by atoms with Crippen LogP contribution in [0.2, 0.25) is 0 Å². The maximum atomic E-state index is 12.1. The number of amides is 1. The third-order valence-electron chi connectivity index (χ3n) is 4.02. The summed E-state index contributed by atoms with van der Waals surface area (Å²) in [5.41, 5.74) is 0.840. The molecule has 0 aliphatic rings. The first kappa shape index (κ1) is 19.6. The molecule has 0 spiro atoms. The molecule has 1 N–H and O–H groups in total. The molecule has 0 aliphatic heterocycles. The van der Waals surface area contributed by atoms with E-state index in [1.54, 1.807) is 36.4 Å². The molecule has 2 heterocycles. The molecule has 0 fully saturated rings. The monoisotopic (exact) mass is 422 g/mol. The largest absolute Gasteiger partial charge is 0.487 e. The summed E-state index contributed by atoms with van der Waals surface area (Å²) >= 11 is 1.34. The standard InChI is InChI=1S/C21H18N4O4S/c1-14-24-25-20(27)11-16(23-21(25)30-14)12-28-18-9-5-6-15(10-18)22-19(26)13-29-17-7-3-2-4-8-17/h2-11H,12-13H2,1H3,(H,22,26). The Labute approximate surface area is 175 Å². The Morgan fingerprint density at radius 1 is 1.07 bits per heavy atom. The number of rotatable bonds is 7. The summed E-state index contributed by atoms with van der Waals surface area (Å²) in [6.07, 6.45) is 0. The Kier molecular flexibility index (Phi) is 5.71. The second-order valence-electron chi connectivity index (χ2n) is 6.37. The lowest BCUT2D eigenvalue weighted by Gasteiger charge is -2.10. The number of hydrogen-bond acceptors (Lipinski definition) is 7. The first-order valence-corrected chi connectivity index (χ1v) is 9.95. The van der Waals surface area contributed by atoms with E-state index >= 15 is 0 Å². The molecule has 0 atom stereocenters. The maximum Gasteiger partial charge on any atom is 0.275 e. The van der Waals surface area contributed by atoms with Crippen molar-refractivity contribution >= 4 is 27.9 Å². The van der Waals surface area contributed by atoms with Gasteiger partial charge in [-0.1, -0.05) is 35.6 Å². The minimum atomic E-state index is -0.281. The Morgan fingerprint density at radius 2 is 1.87 bits per heavy atom. The van der Waals surface area contributed by atoms with E-state index in [4.69, 9.17) is 9.47 Å². The van der Waals surface area contributed by atoms with Crippen LogP contribution in [-0.4, -0.2) is 27.1 Å². The van der Waals surface area contributed by atoms with Crippen molar-refractivity contribution in [3.63, 3.8) is 0 Å². The molecule has 0 bridgehead atoms. The van der Waals surface area contributed by atoms with Crippen LogP contribution in [-0.2, 0) is 11.4 Å². The second kappa shape index (κ2) is 8.75. The van der Waals surface area contributed by atoms with Crippen molar-refractivity contribution in [3.05, 3.63) is 81.7 Å². The van der Waals surface area contributed by atoms with Crippen LogP contribution < -0.4 is 20.3 Å². The molecule has 0 radical (unpaired) electrons. The number of carbonyl (C=O) groups excluding carboxylic acids is 1. The van der Waals surface area contributed by atoms with E-state index < -0.39 is 0 Å². The number of aromatic nitrogens is 3. The van der Waals surface area contributed by atoms with Gasteiger partial charge in [-0.05, 0) is 31.2 Å². The van der Waals surface area contributed by atoms with Gasteiger partial charge in [0.15, 0.2) is 6.61 Å². The van der Waals surface area contributed by atoms with Crippen LogP contribution in [0.15, 0.2) is 65.5 Å². The van der Waals surface area contributed by atoms with Gasteiger partial charge in [-0.3, -0.25) is 9.59 Å². The van der Waals surface area contributed by atoms with E-state index in [1.807, 2.05) is 25.1 Å². The van der Waals surface area contributed by atoms with E-state index in [1.165, 1.54) is 21.9 Å². The lowest BCUT2D eigenvalue weighted by molar-refractivity contribution is -0.118. The zero-order valence-corrected chi connectivity index (χ0v) is 16.9. The third kappa shape index (κ3) is 4.81. The number of carbonyl (C=O) groups is 1. The van der Waals surface area contributed by atoms with Gasteiger partial charge in [0.2, 0.25) is 4.96 Å². The van der Waals surface area contributed by atoms with E-state index in [2.05, 4.69) is 15.4 Å². The summed E-state index contributed by atoms with van der Waals surface area (Å²) in [4.78, 5) is 29.2. The molecule has 4 aromatic rings. The summed E-state index contributed by atoms with van der Waals surface area (Å²) in [6, 6.07) is 17.5. The molecule has 0 saturated carbocycles. The number of fused-ring (bicyclic) bond motifs is 1. The predicted octanol–water partition coefficient (Wildman–Crippen LogP) is 3.06. The molecule has 9 heteroatoms. The van der Waals surface area contributed by atoms with Gasteiger partial charge in [-0.2, -0.15) is 9.61 Å². The highest BCUT2D eigenvalue weighted by molar-refractivity contribution is 7.16. The fourth-order valence-corrected chi connectivity index (χ4v) is 3.48. The summed E-state index contributed by atoms with van der Waals surface area (Å²) in [7, 11) is 0. The highest BCUT2D eigenvalue weighted by atomic mass is 32.1. The van der Waals surface area contributed by atoms with Crippen molar-refractivity contribution in [2.45, 2.75) is 13.5 Å². The maximum absolute atomic E-state index is 12.1. The van der Waals surface area contributed by atoms with Crippen LogP contribution in [0.25, 0.3) is 4.96 Å². The number of para-hydroxylation sites is 1. The molecule has 30 heavy (non-hydrogen) atoms. The predicted molar refractivity (Wildman–Crippen MR) is 113 cm³/mol. The Bertz CT molecular complexity index is 1240. The highest BCUT2D eigenvalue weighted by Gasteiger charge is 2.08. The number of anilines is 1. The van der Waals surface area contributed by atoms with Crippen molar-refractivity contribution in [3.8, 4) is 11.5 Å². The molecule has 152 valence electrons. The minimum absolute atomic E-state index is 0.1000. The number of benzene rings is 2. The van der Waals surface area contributed by atoms with Gasteiger partial charge in [0, 0.05) is 17.8 Å². The average Bonchev–Trinajstić information content (AvgIpc) is 3.13. The van der Waals surface area contributed by atoms with Crippen molar-refractivity contribution in [1.29, 1.82) is 0 Å². The SMILES string of the molecule is Cc1nn2c(=O)cc(COc3cccc(NC(=O)COc4ccccc4)c3)nc2s1. The second-order valence-corrected chi connectivity index (χ2v) is 7.53. The zero-order chi connectivity index (χ0) is 20.9. The fraction of sp³-hybridized carbons (Fsp3) is 0.143. The van der Waals surface area contributed by atoms with E-state index in [0.717, 1.165) is 5.01 Å². The summed E-state index contributed by atoms with van der Waals surface area (Å²) in [5.74, 6) is 0.886. The van der Waals surface area contributed by atoms with Crippen LogP contribution in [0.3, 0.4) is 0 Å². The van der Waals surface area contributed by atoms with Crippen LogP contribution >= 0.6 is 11.3 Å². The van der Waals surface area contributed by atoms with Crippen molar-refractivity contribution in [1.82, 2.24) is 14.6 Å². The lowest BCUT2D eigenvalue weighted by atomic mass is 10.3. The van der Waals surface area contributed by atoms with Gasteiger partial charge >= 0.3 is 0 Å². The van der Waals surface area contributed by atoms with Gasteiger partial charge in [-0.15, -0.1) is 0 Å². The molecule has 0 unspecified atom stereocenters. The molecule has 2 aromatic heterocycles. The van der Waals surface area contributed by atoms with Crippen LogP contribution in [0, 0.1) is 6.92 Å². The van der Waals surface area contributed by atoms with E-state index in [0.29, 0.717) is 27.8 Å². The summed E-state index contributed by atoms with van der Waals surface area (Å²) < 4.78 is 12.5. The molecule has 4 rings (SSSR count). The summed E-state index contributed by atoms with van der Waals surface area (Å²) in [5, 5.41) is 7.64. The molecule has 0 aliphatic carbocycles. The number of aryl methyl sites for hydroxylation is 1. The van der Waals surface area contributed by atoms with Crippen LogP contribution in [0.4, 0.5) is 5.69 Å². The molecule has 2 aromatic carbocycles. The van der Waals surface area contributed by atoms with Crippen molar-refractivity contribution < 1.29 is 14.3 Å². The molecule has 1 amide bonds. The third-order valence-corrected chi connectivity index (χ3v) is 4.84. The first-order chi connectivity index (χ1) is 14.6. The number of nitrogens with one attached hydrogen (secondary N) is 1. The van der Waals surface area contributed by atoms with Crippen LogP contribution in [0.1, 0.15) is 10.7 Å². The van der Waals surface area contributed by atoms with Crippen molar-refractivity contribution in [2.75, 3.05) is 11.9 Å². The number of hydrogen-bond donors (Lipinski definition) is 1. The van der Waals surface area contributed by atoms with Crippen LogP contribution in [0.5, 0.6) is 11.5 Å². The Morgan fingerprint density at radius 3 is 2.70 bits per heavy atom. The molecule has 8 nitrogen and oxygen atoms in total. The van der Waals surface area contributed by atoms with E-state index in [9.17, 15) is 9.59 Å². The lowest BCUT2D eigenvalue weighted by Crippen LogP contribution is -2.20. The van der Waals surface area contributed by atoms with Gasteiger partial charge in [-0.25, -0.2) is 4.98 Å². The first-order valence-electron chi connectivity index (χ1n) is 9.14. The van der Waals surface area contributed by atoms with Crippen molar-refractivity contribution in [2.24, 2.45) is 0 Å². The van der Waals surface area contributed by atoms with Gasteiger partial charge < -0.3 is 14.8 Å². The van der Waals surface area contributed by atoms with E-state index in [-0.39, 0.29) is 24.7 Å². The number of ether oxygens (including phenoxy) is 2. The van der Waals surface area contributed by atoms with Gasteiger partial charge in [0.05, 0.1) is 5.69 Å². The quantitative estimate of drug-likeness (QED) is 0.492. The van der Waals surface area contributed by atoms with Gasteiger partial charge in [0.25, 0.3) is 11.5 Å².